The Morgan fingerprint density at radius 3 is 2.38 bits per heavy atom. The van der Waals surface area contributed by atoms with E-state index in [1.165, 1.54) is 5.56 Å². The zero-order valence-electron chi connectivity index (χ0n) is 16.5. The summed E-state index contributed by atoms with van der Waals surface area (Å²) >= 11 is 0. The van der Waals surface area contributed by atoms with Gasteiger partial charge in [-0.15, -0.1) is 0 Å². The van der Waals surface area contributed by atoms with E-state index >= 15 is 0 Å². The zero-order chi connectivity index (χ0) is 19.9. The average Bonchev–Trinajstić information content (AvgIpc) is 2.80. The molecule has 0 aliphatic carbocycles. The van der Waals surface area contributed by atoms with Crippen molar-refractivity contribution in [2.75, 3.05) is 55.0 Å². The molecule has 1 fully saturated rings. The molecular formula is C21H25N7O. The number of hydrogen-bond donors (Lipinski definition) is 1. The first-order valence-electron chi connectivity index (χ1n) is 9.78. The van der Waals surface area contributed by atoms with Crippen molar-refractivity contribution in [3.8, 4) is 5.75 Å². The number of nitrogens with one attached hydrogen (secondary N) is 1. The predicted molar refractivity (Wildman–Crippen MR) is 114 cm³/mol. The largest absolute Gasteiger partial charge is 0.497 e. The van der Waals surface area contributed by atoms with Gasteiger partial charge in [0.05, 0.1) is 7.11 Å². The molecule has 8 nitrogen and oxygen atoms in total. The number of hydrogen-bond acceptors (Lipinski definition) is 8. The number of anilines is 3. The predicted octanol–water partition coefficient (Wildman–Crippen LogP) is 2.26. The minimum absolute atomic E-state index is 0.755. The molecule has 4 rings (SSSR count). The summed E-state index contributed by atoms with van der Waals surface area (Å²) in [6.07, 6.45) is 6.26. The Bertz CT molecular complexity index is 914. The maximum Gasteiger partial charge on any atom is 0.227 e. The highest BCUT2D eigenvalue weighted by Gasteiger charge is 2.20. The lowest BCUT2D eigenvalue weighted by atomic mass is 10.1. The summed E-state index contributed by atoms with van der Waals surface area (Å²) in [5.41, 5.74) is 1.23. The summed E-state index contributed by atoms with van der Waals surface area (Å²) in [6, 6.07) is 11.9. The average molecular weight is 391 g/mol. The first-order chi connectivity index (χ1) is 14.3. The van der Waals surface area contributed by atoms with Gasteiger partial charge in [0.15, 0.2) is 0 Å². The Hall–Kier alpha value is -3.42. The normalized spacial score (nSPS) is 14.0. The molecule has 0 spiro atoms. The minimum Gasteiger partial charge on any atom is -0.497 e. The Kier molecular flexibility index (Phi) is 5.99. The van der Waals surface area contributed by atoms with Crippen LogP contribution in [-0.2, 0) is 6.42 Å². The molecule has 0 saturated carbocycles. The monoisotopic (exact) mass is 391 g/mol. The first-order valence-corrected chi connectivity index (χ1v) is 9.78. The number of benzene rings is 1. The third-order valence-electron chi connectivity index (χ3n) is 4.89. The van der Waals surface area contributed by atoms with Crippen molar-refractivity contribution in [3.05, 3.63) is 60.6 Å². The van der Waals surface area contributed by atoms with Gasteiger partial charge >= 0.3 is 0 Å². The Morgan fingerprint density at radius 1 is 0.897 bits per heavy atom. The fraction of sp³-hybridized carbons (Fsp3) is 0.333. The molecule has 29 heavy (non-hydrogen) atoms. The molecule has 0 bridgehead atoms. The van der Waals surface area contributed by atoms with Crippen LogP contribution in [0.4, 0.5) is 17.7 Å². The van der Waals surface area contributed by atoms with Crippen LogP contribution in [0.3, 0.4) is 0 Å². The minimum atomic E-state index is 0.755. The molecule has 3 heterocycles. The van der Waals surface area contributed by atoms with Gasteiger partial charge in [-0.2, -0.15) is 4.98 Å². The maximum atomic E-state index is 5.28. The van der Waals surface area contributed by atoms with E-state index in [2.05, 4.69) is 47.2 Å². The third-order valence-corrected chi connectivity index (χ3v) is 4.89. The van der Waals surface area contributed by atoms with E-state index in [0.717, 1.165) is 62.6 Å². The van der Waals surface area contributed by atoms with Crippen molar-refractivity contribution in [2.24, 2.45) is 0 Å². The summed E-state index contributed by atoms with van der Waals surface area (Å²) in [7, 11) is 1.69. The SMILES string of the molecule is COc1cccc(CCNc2ccnc(N3CCN(c4ncccn4)CC3)n2)c1. The molecule has 1 aliphatic rings. The highest BCUT2D eigenvalue weighted by Crippen LogP contribution is 2.16. The molecular weight excluding hydrogens is 366 g/mol. The molecule has 2 aromatic heterocycles. The van der Waals surface area contributed by atoms with Crippen LogP contribution in [0.1, 0.15) is 5.56 Å². The van der Waals surface area contributed by atoms with Crippen molar-refractivity contribution in [1.82, 2.24) is 19.9 Å². The van der Waals surface area contributed by atoms with Crippen molar-refractivity contribution < 1.29 is 4.74 Å². The van der Waals surface area contributed by atoms with Gasteiger partial charge < -0.3 is 19.9 Å². The summed E-state index contributed by atoms with van der Waals surface area (Å²) in [5, 5.41) is 3.40. The second kappa shape index (κ2) is 9.18. The third kappa shape index (κ3) is 4.90. The topological polar surface area (TPSA) is 79.3 Å². The van der Waals surface area contributed by atoms with Crippen molar-refractivity contribution in [1.29, 1.82) is 0 Å². The molecule has 3 aromatic rings. The van der Waals surface area contributed by atoms with E-state index in [0.29, 0.717) is 0 Å². The highest BCUT2D eigenvalue weighted by molar-refractivity contribution is 5.43. The Labute approximate surface area is 170 Å². The number of aromatic nitrogens is 4. The molecule has 8 heteroatoms. The van der Waals surface area contributed by atoms with Gasteiger partial charge in [-0.3, -0.25) is 0 Å². The van der Waals surface area contributed by atoms with E-state index in [1.54, 1.807) is 19.5 Å². The maximum absolute atomic E-state index is 5.28. The lowest BCUT2D eigenvalue weighted by molar-refractivity contribution is 0.414. The molecule has 0 radical (unpaired) electrons. The van der Waals surface area contributed by atoms with Crippen LogP contribution < -0.4 is 19.9 Å². The van der Waals surface area contributed by atoms with E-state index < -0.39 is 0 Å². The number of piperazine rings is 1. The quantitative estimate of drug-likeness (QED) is 0.657. The molecule has 1 saturated heterocycles. The second-order valence-electron chi connectivity index (χ2n) is 6.79. The molecule has 150 valence electrons. The summed E-state index contributed by atoms with van der Waals surface area (Å²) in [4.78, 5) is 22.2. The van der Waals surface area contributed by atoms with Gasteiger partial charge in [0.2, 0.25) is 11.9 Å². The summed E-state index contributed by atoms with van der Waals surface area (Å²) in [6.45, 7) is 4.17. The van der Waals surface area contributed by atoms with E-state index in [-0.39, 0.29) is 0 Å². The van der Waals surface area contributed by atoms with Gasteiger partial charge in [0.25, 0.3) is 0 Å². The number of rotatable bonds is 7. The number of nitrogens with zero attached hydrogens (tertiary/aromatic N) is 6. The van der Waals surface area contributed by atoms with Crippen molar-refractivity contribution in [2.45, 2.75) is 6.42 Å². The fourth-order valence-electron chi connectivity index (χ4n) is 3.32. The molecule has 0 unspecified atom stereocenters. The molecule has 1 aromatic carbocycles. The van der Waals surface area contributed by atoms with E-state index in [1.807, 2.05) is 30.5 Å². The van der Waals surface area contributed by atoms with Crippen LogP contribution >= 0.6 is 0 Å². The standard InChI is InChI=1S/C21H25N7O/c1-29-18-5-2-4-17(16-18)6-10-22-19-7-11-25-21(26-19)28-14-12-27(13-15-28)20-23-8-3-9-24-20/h2-5,7-9,11,16H,6,10,12-15H2,1H3,(H,22,25,26). The van der Waals surface area contributed by atoms with Gasteiger partial charge in [0.1, 0.15) is 11.6 Å². The van der Waals surface area contributed by atoms with Crippen LogP contribution in [0.2, 0.25) is 0 Å². The fourth-order valence-corrected chi connectivity index (χ4v) is 3.32. The van der Waals surface area contributed by atoms with Gasteiger partial charge in [-0.25, -0.2) is 15.0 Å². The Morgan fingerprint density at radius 2 is 1.62 bits per heavy atom. The van der Waals surface area contributed by atoms with E-state index in [4.69, 9.17) is 4.74 Å². The number of ether oxygens (including phenoxy) is 1. The van der Waals surface area contributed by atoms with Crippen molar-refractivity contribution >= 4 is 17.7 Å². The highest BCUT2D eigenvalue weighted by atomic mass is 16.5. The van der Waals surface area contributed by atoms with Gasteiger partial charge in [-0.1, -0.05) is 12.1 Å². The van der Waals surface area contributed by atoms with Crippen LogP contribution in [0.15, 0.2) is 55.0 Å². The summed E-state index contributed by atoms with van der Waals surface area (Å²) in [5.74, 6) is 3.25. The van der Waals surface area contributed by atoms with Gasteiger partial charge in [0, 0.05) is 51.3 Å². The van der Waals surface area contributed by atoms with Crippen LogP contribution in [0.25, 0.3) is 0 Å². The lowest BCUT2D eigenvalue weighted by Crippen LogP contribution is -2.47. The second-order valence-corrected chi connectivity index (χ2v) is 6.79. The Balaban J connectivity index is 1.31. The van der Waals surface area contributed by atoms with E-state index in [9.17, 15) is 0 Å². The zero-order valence-corrected chi connectivity index (χ0v) is 16.5. The van der Waals surface area contributed by atoms with Crippen LogP contribution in [0.5, 0.6) is 5.75 Å². The van der Waals surface area contributed by atoms with Crippen LogP contribution in [-0.4, -0.2) is 59.8 Å². The van der Waals surface area contributed by atoms with Crippen LogP contribution in [0, 0.1) is 0 Å². The van der Waals surface area contributed by atoms with Gasteiger partial charge in [-0.05, 0) is 36.2 Å². The molecule has 0 atom stereocenters. The van der Waals surface area contributed by atoms with Crippen molar-refractivity contribution in [3.63, 3.8) is 0 Å². The number of methoxy groups -OCH3 is 1. The smallest absolute Gasteiger partial charge is 0.227 e. The molecule has 0 amide bonds. The molecule has 1 aliphatic heterocycles. The lowest BCUT2D eigenvalue weighted by Gasteiger charge is -2.34. The summed E-state index contributed by atoms with van der Waals surface area (Å²) < 4.78 is 5.28. The molecule has 1 N–H and O–H groups in total. The first kappa shape index (κ1) is 18.9.